The molecule has 0 aliphatic heterocycles. The highest BCUT2D eigenvalue weighted by Gasteiger charge is 2.18. The summed E-state index contributed by atoms with van der Waals surface area (Å²) in [4.78, 5) is 11.1. The molecule has 0 fully saturated rings. The van der Waals surface area contributed by atoms with Crippen molar-refractivity contribution in [3.8, 4) is 11.4 Å². The van der Waals surface area contributed by atoms with Crippen molar-refractivity contribution >= 4 is 5.97 Å². The van der Waals surface area contributed by atoms with Gasteiger partial charge in [-0.2, -0.15) is 5.21 Å². The molecule has 0 spiro atoms. The molecule has 2 N–H and O–H groups in total. The standard InChI is InChI=1S/C12H14N4O2/c1-12(2,3)9-5-7(10-13-15-16-14-10)4-8(6-9)11(17)18/h4-6H,1-3H3,(H,17,18)(H,13,14,15,16). The van der Waals surface area contributed by atoms with Gasteiger partial charge >= 0.3 is 5.97 Å². The Morgan fingerprint density at radius 3 is 2.50 bits per heavy atom. The average Bonchev–Trinajstić information content (AvgIpc) is 2.80. The van der Waals surface area contributed by atoms with Gasteiger partial charge in [0.2, 0.25) is 5.82 Å². The van der Waals surface area contributed by atoms with Gasteiger partial charge in [0.15, 0.2) is 0 Å². The maximum atomic E-state index is 11.1. The molecule has 94 valence electrons. The van der Waals surface area contributed by atoms with E-state index in [0.29, 0.717) is 11.4 Å². The van der Waals surface area contributed by atoms with Crippen LogP contribution in [0.25, 0.3) is 11.4 Å². The van der Waals surface area contributed by atoms with Gasteiger partial charge in [-0.15, -0.1) is 10.2 Å². The fraction of sp³-hybridized carbons (Fsp3) is 0.333. The van der Waals surface area contributed by atoms with Gasteiger partial charge in [0, 0.05) is 5.56 Å². The molecule has 2 rings (SSSR count). The second-order valence-corrected chi connectivity index (χ2v) is 5.09. The monoisotopic (exact) mass is 246 g/mol. The predicted molar refractivity (Wildman–Crippen MR) is 65.3 cm³/mol. The lowest BCUT2D eigenvalue weighted by Crippen LogP contribution is -2.13. The second kappa shape index (κ2) is 4.21. The predicted octanol–water partition coefficient (Wildman–Crippen LogP) is 1.86. The molecule has 18 heavy (non-hydrogen) atoms. The molecule has 0 atom stereocenters. The first-order chi connectivity index (χ1) is 8.38. The molecule has 6 heteroatoms. The van der Waals surface area contributed by atoms with Crippen molar-refractivity contribution in [2.75, 3.05) is 0 Å². The molecule has 0 saturated carbocycles. The minimum atomic E-state index is -0.967. The molecule has 0 radical (unpaired) electrons. The maximum Gasteiger partial charge on any atom is 0.335 e. The first-order valence-corrected chi connectivity index (χ1v) is 5.50. The SMILES string of the molecule is CC(C)(C)c1cc(C(=O)O)cc(-c2nn[nH]n2)c1. The van der Waals surface area contributed by atoms with Crippen molar-refractivity contribution in [1.82, 2.24) is 20.6 Å². The molecule has 1 aromatic heterocycles. The minimum absolute atomic E-state index is 0.149. The van der Waals surface area contributed by atoms with Gasteiger partial charge in [-0.1, -0.05) is 20.8 Å². The van der Waals surface area contributed by atoms with Gasteiger partial charge in [-0.3, -0.25) is 0 Å². The van der Waals surface area contributed by atoms with Gasteiger partial charge in [0.25, 0.3) is 0 Å². The Morgan fingerprint density at radius 1 is 1.28 bits per heavy atom. The Kier molecular flexibility index (Phi) is 2.86. The van der Waals surface area contributed by atoms with E-state index in [1.165, 1.54) is 0 Å². The number of aromatic nitrogens is 4. The molecule has 2 aromatic rings. The number of carboxylic acid groups (broad SMARTS) is 1. The van der Waals surface area contributed by atoms with Crippen molar-refractivity contribution < 1.29 is 9.90 Å². The van der Waals surface area contributed by atoms with Crippen LogP contribution in [0.3, 0.4) is 0 Å². The number of carbonyl (C=O) groups is 1. The van der Waals surface area contributed by atoms with E-state index in [-0.39, 0.29) is 11.0 Å². The lowest BCUT2D eigenvalue weighted by atomic mass is 9.85. The number of benzene rings is 1. The van der Waals surface area contributed by atoms with E-state index in [2.05, 4.69) is 20.6 Å². The van der Waals surface area contributed by atoms with E-state index in [1.807, 2.05) is 26.8 Å². The first-order valence-electron chi connectivity index (χ1n) is 5.50. The fourth-order valence-electron chi connectivity index (χ4n) is 1.60. The number of carboxylic acids is 1. The molecular weight excluding hydrogens is 232 g/mol. The van der Waals surface area contributed by atoms with Crippen LogP contribution >= 0.6 is 0 Å². The fourth-order valence-corrected chi connectivity index (χ4v) is 1.60. The summed E-state index contributed by atoms with van der Waals surface area (Å²) in [5, 5.41) is 22.7. The van der Waals surface area contributed by atoms with Crippen LogP contribution in [-0.4, -0.2) is 31.7 Å². The zero-order chi connectivity index (χ0) is 13.3. The third-order valence-electron chi connectivity index (χ3n) is 2.65. The molecule has 1 aromatic carbocycles. The second-order valence-electron chi connectivity index (χ2n) is 5.09. The molecule has 0 aliphatic carbocycles. The van der Waals surface area contributed by atoms with Crippen molar-refractivity contribution in [2.45, 2.75) is 26.2 Å². The summed E-state index contributed by atoms with van der Waals surface area (Å²) in [7, 11) is 0. The van der Waals surface area contributed by atoms with Crippen LogP contribution in [-0.2, 0) is 5.41 Å². The van der Waals surface area contributed by atoms with Crippen LogP contribution in [0.4, 0.5) is 0 Å². The van der Waals surface area contributed by atoms with Gasteiger partial charge in [0.05, 0.1) is 5.56 Å². The topological polar surface area (TPSA) is 91.8 Å². The van der Waals surface area contributed by atoms with Crippen LogP contribution in [0.15, 0.2) is 18.2 Å². The number of nitrogens with one attached hydrogen (secondary N) is 1. The highest BCUT2D eigenvalue weighted by Crippen LogP contribution is 2.27. The summed E-state index contributed by atoms with van der Waals surface area (Å²) < 4.78 is 0. The Balaban J connectivity index is 2.61. The van der Waals surface area contributed by atoms with Gasteiger partial charge < -0.3 is 5.11 Å². The van der Waals surface area contributed by atoms with Crippen LogP contribution in [0, 0.1) is 0 Å². The van der Waals surface area contributed by atoms with E-state index in [9.17, 15) is 4.79 Å². The van der Waals surface area contributed by atoms with Crippen LogP contribution in [0.1, 0.15) is 36.7 Å². The normalized spacial score (nSPS) is 11.5. The zero-order valence-corrected chi connectivity index (χ0v) is 10.4. The Bertz CT molecular complexity index is 570. The zero-order valence-electron chi connectivity index (χ0n) is 10.4. The highest BCUT2D eigenvalue weighted by molar-refractivity contribution is 5.89. The summed E-state index contributed by atoms with van der Waals surface area (Å²) in [6.07, 6.45) is 0. The lowest BCUT2D eigenvalue weighted by Gasteiger charge is -2.20. The molecule has 0 unspecified atom stereocenters. The molecule has 0 bridgehead atoms. The molecule has 0 aliphatic rings. The van der Waals surface area contributed by atoms with Gasteiger partial charge in [-0.25, -0.2) is 4.79 Å². The van der Waals surface area contributed by atoms with Gasteiger partial charge in [0.1, 0.15) is 0 Å². The molecule has 6 nitrogen and oxygen atoms in total. The van der Waals surface area contributed by atoms with Crippen LogP contribution in [0.5, 0.6) is 0 Å². The molecule has 0 amide bonds. The van der Waals surface area contributed by atoms with Crippen molar-refractivity contribution in [3.05, 3.63) is 29.3 Å². The largest absolute Gasteiger partial charge is 0.478 e. The summed E-state index contributed by atoms with van der Waals surface area (Å²) >= 11 is 0. The number of aromatic carboxylic acids is 1. The molecule has 1 heterocycles. The highest BCUT2D eigenvalue weighted by atomic mass is 16.4. The summed E-state index contributed by atoms with van der Waals surface area (Å²) in [5.41, 5.74) is 1.64. The number of nitrogens with zero attached hydrogens (tertiary/aromatic N) is 3. The van der Waals surface area contributed by atoms with Crippen LogP contribution < -0.4 is 0 Å². The van der Waals surface area contributed by atoms with E-state index in [1.54, 1.807) is 12.1 Å². The van der Waals surface area contributed by atoms with E-state index >= 15 is 0 Å². The average molecular weight is 246 g/mol. The Hall–Kier alpha value is -2.24. The first kappa shape index (κ1) is 12.2. The smallest absolute Gasteiger partial charge is 0.335 e. The molecular formula is C12H14N4O2. The van der Waals surface area contributed by atoms with Crippen molar-refractivity contribution in [3.63, 3.8) is 0 Å². The quantitative estimate of drug-likeness (QED) is 0.843. The third kappa shape index (κ3) is 2.37. The maximum absolute atomic E-state index is 11.1. The van der Waals surface area contributed by atoms with Gasteiger partial charge in [-0.05, 0) is 34.4 Å². The number of tetrazole rings is 1. The van der Waals surface area contributed by atoms with Crippen molar-refractivity contribution in [1.29, 1.82) is 0 Å². The number of aromatic amines is 1. The Morgan fingerprint density at radius 2 is 2.00 bits per heavy atom. The van der Waals surface area contributed by atoms with Crippen LogP contribution in [0.2, 0.25) is 0 Å². The summed E-state index contributed by atoms with van der Waals surface area (Å²) in [6.45, 7) is 6.07. The Labute approximate surface area is 104 Å². The number of rotatable bonds is 2. The van der Waals surface area contributed by atoms with Crippen molar-refractivity contribution in [2.24, 2.45) is 0 Å². The number of H-pyrrole nitrogens is 1. The van der Waals surface area contributed by atoms with E-state index in [0.717, 1.165) is 5.56 Å². The van der Waals surface area contributed by atoms with E-state index < -0.39 is 5.97 Å². The summed E-state index contributed by atoms with van der Waals surface area (Å²) in [6, 6.07) is 5.10. The third-order valence-corrected chi connectivity index (χ3v) is 2.65. The number of hydrogen-bond acceptors (Lipinski definition) is 4. The lowest BCUT2D eigenvalue weighted by molar-refractivity contribution is 0.0697. The number of hydrogen-bond donors (Lipinski definition) is 2. The van der Waals surface area contributed by atoms with E-state index in [4.69, 9.17) is 5.11 Å². The summed E-state index contributed by atoms with van der Waals surface area (Å²) in [5.74, 6) is -0.575. The molecule has 0 saturated heterocycles. The minimum Gasteiger partial charge on any atom is -0.478 e.